The summed E-state index contributed by atoms with van der Waals surface area (Å²) in [5.74, 6) is -0.265. The highest BCUT2D eigenvalue weighted by Crippen LogP contribution is 2.50. The highest BCUT2D eigenvalue weighted by molar-refractivity contribution is 5.25. The van der Waals surface area contributed by atoms with Crippen LogP contribution in [0, 0.1) is 5.92 Å². The van der Waals surface area contributed by atoms with E-state index in [1.165, 1.54) is 0 Å². The van der Waals surface area contributed by atoms with E-state index in [4.69, 9.17) is 0 Å². The second kappa shape index (κ2) is 2.85. The lowest BCUT2D eigenvalue weighted by Crippen LogP contribution is -1.94. The molecule has 0 nitrogen and oxygen atoms in total. The first-order valence-electron chi connectivity index (χ1n) is 4.12. The Balaban J connectivity index is 2.06. The Bertz CT molecular complexity index is 256. The van der Waals surface area contributed by atoms with Crippen molar-refractivity contribution < 1.29 is 8.78 Å². The summed E-state index contributed by atoms with van der Waals surface area (Å²) >= 11 is 0. The summed E-state index contributed by atoms with van der Waals surface area (Å²) < 4.78 is 24.3. The summed E-state index contributed by atoms with van der Waals surface area (Å²) in [6.07, 6.45) is -1.49. The van der Waals surface area contributed by atoms with Crippen LogP contribution in [0.25, 0.3) is 0 Å². The first-order chi connectivity index (χ1) is 5.79. The van der Waals surface area contributed by atoms with Crippen LogP contribution in [0.1, 0.15) is 17.9 Å². The smallest absolute Gasteiger partial charge is 0.210 e. The molecule has 1 aliphatic carbocycles. The molecule has 12 heavy (non-hydrogen) atoms. The lowest BCUT2D eigenvalue weighted by atomic mass is 10.1. The van der Waals surface area contributed by atoms with Crippen LogP contribution in [0.4, 0.5) is 8.78 Å². The molecule has 1 fully saturated rings. The molecule has 2 atom stereocenters. The van der Waals surface area contributed by atoms with Gasteiger partial charge < -0.3 is 0 Å². The first kappa shape index (κ1) is 7.71. The molecular weight excluding hydrogens is 158 g/mol. The van der Waals surface area contributed by atoms with Gasteiger partial charge in [0.25, 0.3) is 0 Å². The van der Waals surface area contributed by atoms with E-state index < -0.39 is 6.43 Å². The van der Waals surface area contributed by atoms with Gasteiger partial charge in [-0.3, -0.25) is 0 Å². The number of hydrogen-bond donors (Lipinski definition) is 0. The molecule has 0 amide bonds. The average molecular weight is 168 g/mol. The van der Waals surface area contributed by atoms with Crippen LogP contribution in [0.3, 0.4) is 0 Å². The van der Waals surface area contributed by atoms with Crippen LogP contribution in [-0.4, -0.2) is 6.43 Å². The second-order valence-corrected chi connectivity index (χ2v) is 3.25. The van der Waals surface area contributed by atoms with E-state index in [0.29, 0.717) is 6.42 Å². The molecule has 2 heteroatoms. The zero-order chi connectivity index (χ0) is 8.55. The van der Waals surface area contributed by atoms with Crippen LogP contribution >= 0.6 is 0 Å². The topological polar surface area (TPSA) is 0 Å². The van der Waals surface area contributed by atoms with E-state index in [9.17, 15) is 8.78 Å². The van der Waals surface area contributed by atoms with Crippen molar-refractivity contribution in [2.24, 2.45) is 5.92 Å². The average Bonchev–Trinajstić information content (AvgIpc) is 2.84. The molecule has 2 rings (SSSR count). The number of alkyl halides is 2. The highest BCUT2D eigenvalue weighted by Gasteiger charge is 2.44. The molecule has 1 aromatic carbocycles. The zero-order valence-electron chi connectivity index (χ0n) is 6.58. The van der Waals surface area contributed by atoms with Crippen molar-refractivity contribution in [3.05, 3.63) is 35.9 Å². The fourth-order valence-electron chi connectivity index (χ4n) is 1.58. The van der Waals surface area contributed by atoms with Gasteiger partial charge in [-0.25, -0.2) is 8.78 Å². The number of hydrogen-bond acceptors (Lipinski definition) is 0. The molecule has 1 saturated carbocycles. The normalized spacial score (nSPS) is 27.6. The minimum Gasteiger partial charge on any atom is -0.210 e. The molecule has 0 bridgehead atoms. The molecule has 0 saturated heterocycles. The van der Waals surface area contributed by atoms with Gasteiger partial charge in [-0.1, -0.05) is 30.3 Å². The molecule has 0 aromatic heterocycles. The van der Waals surface area contributed by atoms with Crippen LogP contribution in [0.2, 0.25) is 0 Å². The van der Waals surface area contributed by atoms with Gasteiger partial charge in [0, 0.05) is 5.92 Å². The van der Waals surface area contributed by atoms with Crippen LogP contribution in [-0.2, 0) is 0 Å². The van der Waals surface area contributed by atoms with Gasteiger partial charge in [-0.05, 0) is 17.9 Å². The zero-order valence-corrected chi connectivity index (χ0v) is 6.58. The third kappa shape index (κ3) is 1.33. The third-order valence-electron chi connectivity index (χ3n) is 2.39. The summed E-state index contributed by atoms with van der Waals surface area (Å²) in [6, 6.07) is 9.55. The van der Waals surface area contributed by atoms with E-state index in [-0.39, 0.29) is 11.8 Å². The summed E-state index contributed by atoms with van der Waals surface area (Å²) in [7, 11) is 0. The summed E-state index contributed by atoms with van der Waals surface area (Å²) in [5, 5.41) is 0. The molecule has 0 radical (unpaired) electrons. The maximum Gasteiger partial charge on any atom is 0.242 e. The Kier molecular flexibility index (Phi) is 1.83. The van der Waals surface area contributed by atoms with E-state index in [0.717, 1.165) is 5.56 Å². The standard InChI is InChI=1S/C10H10F2/c11-10(12)9-6-8(9)7-4-2-1-3-5-7/h1-5,8-10H,6H2. The minimum atomic E-state index is -2.14. The van der Waals surface area contributed by atoms with Gasteiger partial charge in [0.2, 0.25) is 6.43 Å². The molecule has 0 heterocycles. The lowest BCUT2D eigenvalue weighted by Gasteiger charge is -1.98. The summed E-state index contributed by atoms with van der Waals surface area (Å²) in [4.78, 5) is 0. The predicted molar refractivity (Wildman–Crippen MR) is 43.3 cm³/mol. The minimum absolute atomic E-state index is 0.117. The van der Waals surface area contributed by atoms with Crippen molar-refractivity contribution >= 4 is 0 Å². The van der Waals surface area contributed by atoms with Gasteiger partial charge >= 0.3 is 0 Å². The highest BCUT2D eigenvalue weighted by atomic mass is 19.3. The van der Waals surface area contributed by atoms with Crippen molar-refractivity contribution in [2.75, 3.05) is 0 Å². The molecule has 0 N–H and O–H groups in total. The van der Waals surface area contributed by atoms with E-state index in [1.807, 2.05) is 30.3 Å². The predicted octanol–water partition coefficient (Wildman–Crippen LogP) is 3.06. The Morgan fingerprint density at radius 3 is 2.33 bits per heavy atom. The van der Waals surface area contributed by atoms with Gasteiger partial charge in [-0.15, -0.1) is 0 Å². The molecule has 1 aliphatic rings. The number of rotatable bonds is 2. The number of halogens is 2. The maximum absolute atomic E-state index is 12.2. The molecule has 0 spiro atoms. The summed E-state index contributed by atoms with van der Waals surface area (Å²) in [6.45, 7) is 0. The van der Waals surface area contributed by atoms with Crippen molar-refractivity contribution in [1.29, 1.82) is 0 Å². The summed E-state index contributed by atoms with van der Waals surface area (Å²) in [5.41, 5.74) is 1.06. The molecule has 0 aliphatic heterocycles. The van der Waals surface area contributed by atoms with Crippen LogP contribution in [0.15, 0.2) is 30.3 Å². The van der Waals surface area contributed by atoms with Crippen molar-refractivity contribution in [2.45, 2.75) is 18.8 Å². The molecule has 2 unspecified atom stereocenters. The number of benzene rings is 1. The second-order valence-electron chi connectivity index (χ2n) is 3.25. The fourth-order valence-corrected chi connectivity index (χ4v) is 1.58. The Morgan fingerprint density at radius 1 is 1.17 bits per heavy atom. The van der Waals surface area contributed by atoms with E-state index in [2.05, 4.69) is 0 Å². The van der Waals surface area contributed by atoms with Crippen molar-refractivity contribution in [1.82, 2.24) is 0 Å². The van der Waals surface area contributed by atoms with Gasteiger partial charge in [-0.2, -0.15) is 0 Å². The van der Waals surface area contributed by atoms with Gasteiger partial charge in [0.05, 0.1) is 0 Å². The van der Waals surface area contributed by atoms with Crippen LogP contribution in [0.5, 0.6) is 0 Å². The maximum atomic E-state index is 12.2. The lowest BCUT2D eigenvalue weighted by molar-refractivity contribution is 0.120. The van der Waals surface area contributed by atoms with Crippen molar-refractivity contribution in [3.8, 4) is 0 Å². The van der Waals surface area contributed by atoms with Gasteiger partial charge in [0.15, 0.2) is 0 Å². The molecular formula is C10H10F2. The Morgan fingerprint density at radius 2 is 1.83 bits per heavy atom. The van der Waals surface area contributed by atoms with E-state index in [1.54, 1.807) is 0 Å². The van der Waals surface area contributed by atoms with Gasteiger partial charge in [0.1, 0.15) is 0 Å². The fraction of sp³-hybridized carbons (Fsp3) is 0.400. The largest absolute Gasteiger partial charge is 0.242 e. The Hall–Kier alpha value is -0.920. The van der Waals surface area contributed by atoms with Crippen molar-refractivity contribution in [3.63, 3.8) is 0 Å². The van der Waals surface area contributed by atoms with E-state index >= 15 is 0 Å². The van der Waals surface area contributed by atoms with Crippen LogP contribution < -0.4 is 0 Å². The molecule has 64 valence electrons. The quantitative estimate of drug-likeness (QED) is 0.636. The third-order valence-corrected chi connectivity index (χ3v) is 2.39. The first-order valence-corrected chi connectivity index (χ1v) is 4.12. The SMILES string of the molecule is FC(F)C1CC1c1ccccc1. The Labute approximate surface area is 70.2 Å². The molecule has 1 aromatic rings. The monoisotopic (exact) mass is 168 g/mol.